The van der Waals surface area contributed by atoms with E-state index in [2.05, 4.69) is 43.6 Å². The number of rotatable bonds is 5. The van der Waals surface area contributed by atoms with Gasteiger partial charge in [-0.05, 0) is 35.9 Å². The average molecular weight is 328 g/mol. The van der Waals surface area contributed by atoms with Crippen molar-refractivity contribution in [2.24, 2.45) is 5.92 Å². The highest BCUT2D eigenvalue weighted by molar-refractivity contribution is 7.10. The molecule has 2 rings (SSSR count). The third-order valence-corrected chi connectivity index (χ3v) is 5.18. The van der Waals surface area contributed by atoms with Gasteiger partial charge in [0.15, 0.2) is 0 Å². The Kier molecular flexibility index (Phi) is 5.50. The monoisotopic (exact) mass is 327 g/mol. The summed E-state index contributed by atoms with van der Waals surface area (Å²) in [4.78, 5) is 1.35. The van der Waals surface area contributed by atoms with Crippen molar-refractivity contribution in [2.45, 2.75) is 32.9 Å². The Balaban J connectivity index is 2.21. The fourth-order valence-electron chi connectivity index (χ4n) is 2.29. The van der Waals surface area contributed by atoms with Gasteiger partial charge in [-0.25, -0.2) is 0 Å². The van der Waals surface area contributed by atoms with E-state index in [0.29, 0.717) is 22.0 Å². The summed E-state index contributed by atoms with van der Waals surface area (Å²) >= 11 is 14.2. The summed E-state index contributed by atoms with van der Waals surface area (Å²) in [5, 5.41) is 7.03. The molecule has 1 nitrogen and oxygen atoms in total. The van der Waals surface area contributed by atoms with Crippen molar-refractivity contribution in [3.05, 3.63) is 56.2 Å². The van der Waals surface area contributed by atoms with Gasteiger partial charge < -0.3 is 5.32 Å². The molecule has 1 aromatic heterocycles. The van der Waals surface area contributed by atoms with Crippen LogP contribution in [0.3, 0.4) is 0 Å². The molecule has 2 aromatic rings. The molecule has 0 fully saturated rings. The van der Waals surface area contributed by atoms with Gasteiger partial charge in [-0.1, -0.05) is 55.2 Å². The number of hydrogen-bond donors (Lipinski definition) is 1. The molecule has 0 saturated heterocycles. The smallest absolute Gasteiger partial charge is 0.0639 e. The minimum Gasteiger partial charge on any atom is -0.302 e. The molecule has 0 saturated carbocycles. The summed E-state index contributed by atoms with van der Waals surface area (Å²) < 4.78 is 0. The predicted octanol–water partition coefficient (Wildman–Crippen LogP) is 6.10. The summed E-state index contributed by atoms with van der Waals surface area (Å²) in [6.45, 7) is 6.58. The third-order valence-electron chi connectivity index (χ3n) is 3.39. The molecular weight excluding hydrogens is 309 g/mol. The first-order valence-corrected chi connectivity index (χ1v) is 8.37. The zero-order valence-electron chi connectivity index (χ0n) is 11.9. The van der Waals surface area contributed by atoms with Gasteiger partial charge in [0.2, 0.25) is 0 Å². The molecule has 1 heterocycles. The molecule has 0 aliphatic carbocycles. The van der Waals surface area contributed by atoms with Gasteiger partial charge in [-0.3, -0.25) is 0 Å². The van der Waals surface area contributed by atoms with E-state index in [4.69, 9.17) is 23.2 Å². The van der Waals surface area contributed by atoms with Gasteiger partial charge in [0.05, 0.1) is 10.0 Å². The Morgan fingerprint density at radius 3 is 2.40 bits per heavy atom. The van der Waals surface area contributed by atoms with Gasteiger partial charge in [-0.2, -0.15) is 0 Å². The standard InChI is InChI=1S/C16H19Cl2NS/c1-10(2)16(14-8-5-9-20-14)19-11(3)12-6-4-7-13(17)15(12)18/h4-11,16,19H,1-3H3. The van der Waals surface area contributed by atoms with Crippen LogP contribution in [0.5, 0.6) is 0 Å². The molecule has 0 aliphatic rings. The Hall–Kier alpha value is -0.540. The van der Waals surface area contributed by atoms with Crippen LogP contribution in [0.15, 0.2) is 35.7 Å². The SMILES string of the molecule is CC(NC(c1cccs1)C(C)C)c1cccc(Cl)c1Cl. The number of thiophene rings is 1. The highest BCUT2D eigenvalue weighted by Crippen LogP contribution is 2.33. The topological polar surface area (TPSA) is 12.0 Å². The van der Waals surface area contributed by atoms with E-state index in [0.717, 1.165) is 5.56 Å². The van der Waals surface area contributed by atoms with Crippen LogP contribution >= 0.6 is 34.5 Å². The van der Waals surface area contributed by atoms with Crippen LogP contribution in [0, 0.1) is 5.92 Å². The molecule has 0 amide bonds. The van der Waals surface area contributed by atoms with Gasteiger partial charge in [0.1, 0.15) is 0 Å². The Labute approximate surface area is 134 Å². The number of benzene rings is 1. The minimum atomic E-state index is 0.149. The van der Waals surface area contributed by atoms with E-state index >= 15 is 0 Å². The van der Waals surface area contributed by atoms with E-state index in [9.17, 15) is 0 Å². The maximum atomic E-state index is 6.31. The van der Waals surface area contributed by atoms with Crippen LogP contribution in [0.1, 0.15) is 43.3 Å². The van der Waals surface area contributed by atoms with Crippen LogP contribution in [-0.4, -0.2) is 0 Å². The lowest BCUT2D eigenvalue weighted by atomic mass is 9.99. The van der Waals surface area contributed by atoms with Crippen LogP contribution in [0.2, 0.25) is 10.0 Å². The number of nitrogens with one attached hydrogen (secondary N) is 1. The second-order valence-corrected chi connectivity index (χ2v) is 7.03. The lowest BCUT2D eigenvalue weighted by Crippen LogP contribution is -2.28. The van der Waals surface area contributed by atoms with E-state index in [1.165, 1.54) is 4.88 Å². The van der Waals surface area contributed by atoms with Gasteiger partial charge in [0.25, 0.3) is 0 Å². The average Bonchev–Trinajstić information content (AvgIpc) is 2.92. The molecule has 1 aromatic carbocycles. The fraction of sp³-hybridized carbons (Fsp3) is 0.375. The largest absolute Gasteiger partial charge is 0.302 e. The molecule has 2 atom stereocenters. The zero-order chi connectivity index (χ0) is 14.7. The number of halogens is 2. The normalized spacial score (nSPS) is 14.5. The van der Waals surface area contributed by atoms with Crippen molar-refractivity contribution in [1.82, 2.24) is 5.32 Å². The second-order valence-electron chi connectivity index (χ2n) is 5.27. The molecule has 108 valence electrons. The van der Waals surface area contributed by atoms with Gasteiger partial charge in [-0.15, -0.1) is 11.3 Å². The van der Waals surface area contributed by atoms with Crippen LogP contribution in [-0.2, 0) is 0 Å². The molecule has 0 bridgehead atoms. The van der Waals surface area contributed by atoms with Crippen LogP contribution in [0.25, 0.3) is 0 Å². The zero-order valence-corrected chi connectivity index (χ0v) is 14.2. The Morgan fingerprint density at radius 2 is 1.80 bits per heavy atom. The van der Waals surface area contributed by atoms with Crippen molar-refractivity contribution < 1.29 is 0 Å². The Bertz CT molecular complexity index is 552. The van der Waals surface area contributed by atoms with Crippen LogP contribution in [0.4, 0.5) is 0 Å². The molecule has 4 heteroatoms. The van der Waals surface area contributed by atoms with Crippen molar-refractivity contribution in [3.8, 4) is 0 Å². The quantitative estimate of drug-likeness (QED) is 0.699. The maximum absolute atomic E-state index is 6.31. The predicted molar refractivity (Wildman–Crippen MR) is 89.9 cm³/mol. The molecule has 1 N–H and O–H groups in total. The highest BCUT2D eigenvalue weighted by Gasteiger charge is 2.21. The first kappa shape index (κ1) is 15.8. The third kappa shape index (κ3) is 3.56. The molecule has 0 aliphatic heterocycles. The first-order chi connectivity index (χ1) is 9.50. The van der Waals surface area contributed by atoms with Crippen molar-refractivity contribution in [1.29, 1.82) is 0 Å². The van der Waals surface area contributed by atoms with Gasteiger partial charge in [0, 0.05) is 17.0 Å². The van der Waals surface area contributed by atoms with E-state index < -0.39 is 0 Å². The van der Waals surface area contributed by atoms with Crippen molar-refractivity contribution in [2.75, 3.05) is 0 Å². The van der Waals surface area contributed by atoms with Crippen molar-refractivity contribution >= 4 is 34.5 Å². The number of hydrogen-bond acceptors (Lipinski definition) is 2. The molecule has 20 heavy (non-hydrogen) atoms. The second kappa shape index (κ2) is 6.95. The van der Waals surface area contributed by atoms with E-state index in [1.54, 1.807) is 11.3 Å². The summed E-state index contributed by atoms with van der Waals surface area (Å²) in [5.41, 5.74) is 1.04. The maximum Gasteiger partial charge on any atom is 0.0639 e. The molecule has 2 unspecified atom stereocenters. The van der Waals surface area contributed by atoms with Gasteiger partial charge >= 0.3 is 0 Å². The van der Waals surface area contributed by atoms with Crippen molar-refractivity contribution in [3.63, 3.8) is 0 Å². The fourth-order valence-corrected chi connectivity index (χ4v) is 3.72. The molecular formula is C16H19Cl2NS. The van der Waals surface area contributed by atoms with E-state index in [-0.39, 0.29) is 6.04 Å². The summed E-state index contributed by atoms with van der Waals surface area (Å²) in [7, 11) is 0. The van der Waals surface area contributed by atoms with Crippen LogP contribution < -0.4 is 5.32 Å². The lowest BCUT2D eigenvalue weighted by molar-refractivity contribution is 0.379. The lowest BCUT2D eigenvalue weighted by Gasteiger charge is -2.26. The first-order valence-electron chi connectivity index (χ1n) is 6.74. The highest BCUT2D eigenvalue weighted by atomic mass is 35.5. The summed E-state index contributed by atoms with van der Waals surface area (Å²) in [6.07, 6.45) is 0. The Morgan fingerprint density at radius 1 is 1.05 bits per heavy atom. The summed E-state index contributed by atoms with van der Waals surface area (Å²) in [6, 6.07) is 10.5. The minimum absolute atomic E-state index is 0.149. The van der Waals surface area contributed by atoms with E-state index in [1.807, 2.05) is 18.2 Å². The molecule has 0 radical (unpaired) electrons. The molecule has 0 spiro atoms. The summed E-state index contributed by atoms with van der Waals surface area (Å²) in [5.74, 6) is 0.508.